The normalized spacial score (nSPS) is 15.3. The highest BCUT2D eigenvalue weighted by atomic mass is 35.5. The zero-order chi connectivity index (χ0) is 29.0. The minimum Gasteiger partial charge on any atom is -0.386 e. The fraction of sp³-hybridized carbons (Fsp3) is 0.314. The van der Waals surface area contributed by atoms with Crippen LogP contribution < -0.4 is 5.73 Å². The van der Waals surface area contributed by atoms with Crippen molar-refractivity contribution in [3.05, 3.63) is 112 Å². The molecule has 0 spiro atoms. The number of benzene rings is 3. The van der Waals surface area contributed by atoms with E-state index in [1.54, 1.807) is 0 Å². The number of nitrogens with two attached hydrogens (primary N) is 1. The van der Waals surface area contributed by atoms with Gasteiger partial charge in [0.2, 0.25) is 5.91 Å². The molecule has 3 aromatic carbocycles. The third-order valence-corrected chi connectivity index (χ3v) is 9.78. The van der Waals surface area contributed by atoms with Gasteiger partial charge >= 0.3 is 0 Å². The zero-order valence-electron chi connectivity index (χ0n) is 23.6. The molecule has 1 saturated carbocycles. The van der Waals surface area contributed by atoms with Crippen LogP contribution in [0.15, 0.2) is 78.9 Å². The van der Waals surface area contributed by atoms with Crippen molar-refractivity contribution in [3.8, 4) is 0 Å². The Kier molecular flexibility index (Phi) is 8.88. The number of pyridine rings is 1. The minimum atomic E-state index is -0.897. The number of aliphatic hydroxyl groups is 1. The second kappa shape index (κ2) is 12.4. The molecule has 5 rings (SSSR count). The lowest BCUT2D eigenvalue weighted by Gasteiger charge is -2.24. The first kappa shape index (κ1) is 29.4. The first-order valence-corrected chi connectivity index (χ1v) is 15.6. The molecule has 1 amide bonds. The largest absolute Gasteiger partial charge is 0.386 e. The lowest BCUT2D eigenvalue weighted by atomic mass is 9.90. The molecule has 1 aliphatic carbocycles. The lowest BCUT2D eigenvalue weighted by Crippen LogP contribution is -2.19. The van der Waals surface area contributed by atoms with Crippen LogP contribution in [-0.4, -0.2) is 21.8 Å². The van der Waals surface area contributed by atoms with Crippen molar-refractivity contribution in [2.75, 3.05) is 5.75 Å². The Morgan fingerprint density at radius 1 is 1.07 bits per heavy atom. The molecule has 4 nitrogen and oxygen atoms in total. The van der Waals surface area contributed by atoms with Gasteiger partial charge in [-0.2, -0.15) is 11.8 Å². The molecule has 1 unspecified atom stereocenters. The van der Waals surface area contributed by atoms with Crippen LogP contribution in [0, 0.1) is 5.41 Å². The molecule has 0 bridgehead atoms. The van der Waals surface area contributed by atoms with Crippen LogP contribution in [-0.2, 0) is 16.8 Å². The fourth-order valence-corrected chi connectivity index (χ4v) is 7.14. The van der Waals surface area contributed by atoms with Gasteiger partial charge in [-0.1, -0.05) is 78.3 Å². The Bertz CT molecular complexity index is 1570. The first-order chi connectivity index (χ1) is 19.6. The smallest absolute Gasteiger partial charge is 0.218 e. The molecule has 3 N–H and O–H groups in total. The topological polar surface area (TPSA) is 76.2 Å². The van der Waals surface area contributed by atoms with E-state index in [4.69, 9.17) is 22.3 Å². The van der Waals surface area contributed by atoms with Gasteiger partial charge in [-0.3, -0.25) is 4.79 Å². The first-order valence-electron chi connectivity index (χ1n) is 14.2. The fourth-order valence-electron chi connectivity index (χ4n) is 5.41. The van der Waals surface area contributed by atoms with Gasteiger partial charge in [-0.05, 0) is 91.5 Å². The third-order valence-electron chi connectivity index (χ3n) is 7.85. The number of aryl methyl sites for hydroxylation is 1. The number of nitrogens with zero attached hydrogens (tertiary/aromatic N) is 1. The predicted molar refractivity (Wildman–Crippen MR) is 173 cm³/mol. The summed E-state index contributed by atoms with van der Waals surface area (Å²) < 4.78 is 0. The molecule has 1 fully saturated rings. The van der Waals surface area contributed by atoms with E-state index in [1.165, 1.54) is 11.1 Å². The number of hydrogen-bond donors (Lipinski definition) is 2. The quantitative estimate of drug-likeness (QED) is 0.175. The maximum absolute atomic E-state index is 11.7. The number of rotatable bonds is 12. The molecule has 212 valence electrons. The number of primary amides is 1. The maximum Gasteiger partial charge on any atom is 0.218 e. The molecule has 6 heteroatoms. The number of thioether (sulfide) groups is 1. The number of carbonyl (C=O) groups is 1. The van der Waals surface area contributed by atoms with E-state index in [9.17, 15) is 9.90 Å². The molecule has 1 atom stereocenters. The van der Waals surface area contributed by atoms with E-state index >= 15 is 0 Å². The number of amides is 1. The average Bonchev–Trinajstić information content (AvgIpc) is 3.70. The molecule has 1 heterocycles. The van der Waals surface area contributed by atoms with Gasteiger partial charge in [-0.15, -0.1) is 0 Å². The lowest BCUT2D eigenvalue weighted by molar-refractivity contribution is -0.119. The van der Waals surface area contributed by atoms with Gasteiger partial charge in [-0.25, -0.2) is 4.98 Å². The van der Waals surface area contributed by atoms with Crippen LogP contribution in [0.25, 0.3) is 23.1 Å². The molecule has 1 aliphatic rings. The van der Waals surface area contributed by atoms with Gasteiger partial charge in [0.1, 0.15) is 0 Å². The summed E-state index contributed by atoms with van der Waals surface area (Å²) in [6, 6.07) is 26.7. The van der Waals surface area contributed by atoms with Gasteiger partial charge in [0.05, 0.1) is 16.8 Å². The maximum atomic E-state index is 11.7. The highest BCUT2D eigenvalue weighted by Gasteiger charge is 2.44. The second-order valence-corrected chi connectivity index (χ2v) is 13.4. The van der Waals surface area contributed by atoms with Crippen LogP contribution in [0.3, 0.4) is 0 Å². The van der Waals surface area contributed by atoms with Crippen molar-refractivity contribution >= 4 is 52.3 Å². The standard InChI is InChI=1S/C35H37ClN2O2S/c1-34(2,40)30-9-4-3-7-25(30)13-17-32(41-23-35(18-19-35)22-33(37)39)27-8-5-6-24(20-27)10-15-29-16-12-26-11-14-28(36)21-31(26)38-29/h3-12,14-16,20-21,32,40H,13,17-19,22-23H2,1-2H3,(H2,37,39). The number of halogens is 1. The Hall–Kier alpha value is -3.12. The van der Waals surface area contributed by atoms with Crippen molar-refractivity contribution in [2.45, 2.75) is 56.8 Å². The summed E-state index contributed by atoms with van der Waals surface area (Å²) in [5.74, 6) is 0.702. The highest BCUT2D eigenvalue weighted by molar-refractivity contribution is 7.99. The second-order valence-electron chi connectivity index (χ2n) is 11.8. The van der Waals surface area contributed by atoms with E-state index in [1.807, 2.05) is 74.1 Å². The van der Waals surface area contributed by atoms with Crippen molar-refractivity contribution in [1.29, 1.82) is 0 Å². The Labute approximate surface area is 252 Å². The van der Waals surface area contributed by atoms with Crippen molar-refractivity contribution in [3.63, 3.8) is 0 Å². The highest BCUT2D eigenvalue weighted by Crippen LogP contribution is 2.53. The molecule has 4 aromatic rings. The predicted octanol–water partition coefficient (Wildman–Crippen LogP) is 8.35. The van der Waals surface area contributed by atoms with E-state index in [0.29, 0.717) is 11.4 Å². The summed E-state index contributed by atoms with van der Waals surface area (Å²) in [6.45, 7) is 3.68. The summed E-state index contributed by atoms with van der Waals surface area (Å²) in [4.78, 5) is 16.5. The summed E-state index contributed by atoms with van der Waals surface area (Å²) >= 11 is 8.10. The molecule has 0 radical (unpaired) electrons. The number of hydrogen-bond acceptors (Lipinski definition) is 4. The minimum absolute atomic E-state index is 0.0436. The zero-order valence-corrected chi connectivity index (χ0v) is 25.2. The molecule has 41 heavy (non-hydrogen) atoms. The van der Waals surface area contributed by atoms with Gasteiger partial charge in [0.25, 0.3) is 0 Å². The monoisotopic (exact) mass is 584 g/mol. The van der Waals surface area contributed by atoms with Gasteiger partial charge < -0.3 is 10.8 Å². The van der Waals surface area contributed by atoms with E-state index in [0.717, 1.165) is 59.2 Å². The van der Waals surface area contributed by atoms with Crippen LogP contribution in [0.2, 0.25) is 5.02 Å². The SMILES string of the molecule is CC(C)(O)c1ccccc1CCC(SCC1(CC(N)=O)CC1)c1cccc(C=Cc2ccc3ccc(Cl)cc3n2)c1. The van der Waals surface area contributed by atoms with Crippen LogP contribution >= 0.6 is 23.4 Å². The van der Waals surface area contributed by atoms with E-state index < -0.39 is 5.60 Å². The van der Waals surface area contributed by atoms with Crippen LogP contribution in [0.1, 0.15) is 72.7 Å². The van der Waals surface area contributed by atoms with E-state index in [-0.39, 0.29) is 16.6 Å². The van der Waals surface area contributed by atoms with Crippen LogP contribution in [0.5, 0.6) is 0 Å². The molecular weight excluding hydrogens is 548 g/mol. The van der Waals surface area contributed by atoms with Gasteiger partial charge in [0, 0.05) is 27.8 Å². The van der Waals surface area contributed by atoms with Crippen molar-refractivity contribution < 1.29 is 9.90 Å². The third kappa shape index (κ3) is 7.79. The van der Waals surface area contributed by atoms with Crippen molar-refractivity contribution in [2.24, 2.45) is 11.1 Å². The summed E-state index contributed by atoms with van der Waals surface area (Å²) in [5.41, 5.74) is 11.0. The number of aromatic nitrogens is 1. The molecule has 0 aliphatic heterocycles. The summed E-state index contributed by atoms with van der Waals surface area (Å²) in [7, 11) is 0. The van der Waals surface area contributed by atoms with Gasteiger partial charge in [0.15, 0.2) is 0 Å². The number of fused-ring (bicyclic) bond motifs is 1. The van der Waals surface area contributed by atoms with E-state index in [2.05, 4.69) is 42.5 Å². The Balaban J connectivity index is 1.37. The molecular formula is C35H37ClN2O2S. The van der Waals surface area contributed by atoms with Crippen molar-refractivity contribution in [1.82, 2.24) is 4.98 Å². The Morgan fingerprint density at radius 3 is 2.61 bits per heavy atom. The Morgan fingerprint density at radius 2 is 1.85 bits per heavy atom. The van der Waals surface area contributed by atoms with Crippen LogP contribution in [0.4, 0.5) is 0 Å². The number of carbonyl (C=O) groups excluding carboxylic acids is 1. The summed E-state index contributed by atoms with van der Waals surface area (Å²) in [6.07, 6.45) is 8.49. The molecule has 0 saturated heterocycles. The summed E-state index contributed by atoms with van der Waals surface area (Å²) in [5, 5.41) is 12.7. The average molecular weight is 585 g/mol. The molecule has 1 aromatic heterocycles.